The van der Waals surface area contributed by atoms with E-state index in [1.54, 1.807) is 0 Å². The van der Waals surface area contributed by atoms with Crippen LogP contribution in [0.25, 0.3) is 0 Å². The lowest BCUT2D eigenvalue weighted by Gasteiger charge is -2.23. The molecule has 0 saturated carbocycles. The van der Waals surface area contributed by atoms with Gasteiger partial charge in [0.15, 0.2) is 0 Å². The lowest BCUT2D eigenvalue weighted by atomic mass is 10.1. The molecule has 19 heavy (non-hydrogen) atoms. The SMILES string of the molecule is Cc1ccc(CNC(=O)CC2COCCN2)c(C)c1. The minimum atomic E-state index is 0.0722. The number of amides is 1. The average Bonchev–Trinajstić information content (AvgIpc) is 2.39. The minimum absolute atomic E-state index is 0.0722. The Morgan fingerprint density at radius 3 is 3.00 bits per heavy atom. The molecule has 1 saturated heterocycles. The lowest BCUT2D eigenvalue weighted by Crippen LogP contribution is -2.44. The Morgan fingerprint density at radius 1 is 1.47 bits per heavy atom. The summed E-state index contributed by atoms with van der Waals surface area (Å²) in [5.41, 5.74) is 3.64. The molecule has 1 aromatic rings. The second-order valence-electron chi connectivity index (χ2n) is 5.14. The number of rotatable bonds is 4. The monoisotopic (exact) mass is 262 g/mol. The van der Waals surface area contributed by atoms with Gasteiger partial charge >= 0.3 is 0 Å². The molecule has 4 heteroatoms. The molecule has 1 heterocycles. The summed E-state index contributed by atoms with van der Waals surface area (Å²) in [6.07, 6.45) is 0.477. The summed E-state index contributed by atoms with van der Waals surface area (Å²) in [6.45, 7) is 6.93. The fraction of sp³-hybridized carbons (Fsp3) is 0.533. The van der Waals surface area contributed by atoms with Crippen LogP contribution < -0.4 is 10.6 Å². The largest absolute Gasteiger partial charge is 0.378 e. The number of nitrogens with one attached hydrogen (secondary N) is 2. The van der Waals surface area contributed by atoms with Gasteiger partial charge in [-0.2, -0.15) is 0 Å². The quantitative estimate of drug-likeness (QED) is 0.860. The summed E-state index contributed by atoms with van der Waals surface area (Å²) < 4.78 is 5.34. The van der Waals surface area contributed by atoms with Crippen LogP contribution in [0.5, 0.6) is 0 Å². The molecule has 0 aromatic heterocycles. The highest BCUT2D eigenvalue weighted by Gasteiger charge is 2.16. The molecule has 0 bridgehead atoms. The van der Waals surface area contributed by atoms with Crippen LogP contribution in [0.2, 0.25) is 0 Å². The molecule has 104 valence electrons. The van der Waals surface area contributed by atoms with Crippen LogP contribution >= 0.6 is 0 Å². The van der Waals surface area contributed by atoms with Gasteiger partial charge in [-0.1, -0.05) is 23.8 Å². The van der Waals surface area contributed by atoms with E-state index in [4.69, 9.17) is 4.74 Å². The van der Waals surface area contributed by atoms with Gasteiger partial charge in [0.05, 0.1) is 13.2 Å². The molecule has 0 aliphatic carbocycles. The zero-order valence-corrected chi connectivity index (χ0v) is 11.7. The number of benzene rings is 1. The summed E-state index contributed by atoms with van der Waals surface area (Å²) >= 11 is 0. The smallest absolute Gasteiger partial charge is 0.221 e. The molecule has 1 aliphatic heterocycles. The van der Waals surface area contributed by atoms with Gasteiger partial charge < -0.3 is 15.4 Å². The maximum Gasteiger partial charge on any atom is 0.221 e. The number of ether oxygens (including phenoxy) is 1. The second kappa shape index (κ2) is 6.68. The van der Waals surface area contributed by atoms with E-state index in [-0.39, 0.29) is 11.9 Å². The van der Waals surface area contributed by atoms with Crippen molar-refractivity contribution < 1.29 is 9.53 Å². The minimum Gasteiger partial charge on any atom is -0.378 e. The van der Waals surface area contributed by atoms with Crippen LogP contribution in [-0.2, 0) is 16.1 Å². The standard InChI is InChI=1S/C15H22N2O2/c1-11-3-4-13(12(2)7-11)9-17-15(18)8-14-10-19-6-5-16-14/h3-4,7,14,16H,5-6,8-10H2,1-2H3,(H,17,18). The highest BCUT2D eigenvalue weighted by Crippen LogP contribution is 2.10. The Bertz CT molecular complexity index is 440. The molecule has 0 spiro atoms. The number of aryl methyl sites for hydroxylation is 2. The zero-order chi connectivity index (χ0) is 13.7. The van der Waals surface area contributed by atoms with E-state index in [1.807, 2.05) is 0 Å². The van der Waals surface area contributed by atoms with E-state index in [0.717, 1.165) is 13.2 Å². The molecule has 2 N–H and O–H groups in total. The third-order valence-corrected chi connectivity index (χ3v) is 3.40. The van der Waals surface area contributed by atoms with Crippen molar-refractivity contribution in [2.24, 2.45) is 0 Å². The van der Waals surface area contributed by atoms with Crippen molar-refractivity contribution in [3.63, 3.8) is 0 Å². The van der Waals surface area contributed by atoms with Crippen LogP contribution in [0.4, 0.5) is 0 Å². The highest BCUT2D eigenvalue weighted by molar-refractivity contribution is 5.76. The van der Waals surface area contributed by atoms with Gasteiger partial charge in [0.25, 0.3) is 0 Å². The maximum absolute atomic E-state index is 11.9. The number of morpholine rings is 1. The fourth-order valence-corrected chi connectivity index (χ4v) is 2.28. The summed E-state index contributed by atoms with van der Waals surface area (Å²) in [7, 11) is 0. The summed E-state index contributed by atoms with van der Waals surface area (Å²) in [6, 6.07) is 6.43. The van der Waals surface area contributed by atoms with E-state index < -0.39 is 0 Å². The average molecular weight is 262 g/mol. The van der Waals surface area contributed by atoms with Crippen molar-refractivity contribution >= 4 is 5.91 Å². The Hall–Kier alpha value is -1.39. The van der Waals surface area contributed by atoms with Crippen molar-refractivity contribution in [3.8, 4) is 0 Å². The summed E-state index contributed by atoms with van der Waals surface area (Å²) in [5.74, 6) is 0.0722. The third-order valence-electron chi connectivity index (χ3n) is 3.40. The zero-order valence-electron chi connectivity index (χ0n) is 11.7. The van der Waals surface area contributed by atoms with Gasteiger partial charge in [-0.25, -0.2) is 0 Å². The van der Waals surface area contributed by atoms with E-state index >= 15 is 0 Å². The normalized spacial score (nSPS) is 19.2. The first-order valence-corrected chi connectivity index (χ1v) is 6.79. The molecular weight excluding hydrogens is 240 g/mol. The molecular formula is C15H22N2O2. The molecule has 1 amide bonds. The Morgan fingerprint density at radius 2 is 2.32 bits per heavy atom. The number of hydrogen-bond donors (Lipinski definition) is 2. The molecule has 1 aromatic carbocycles. The highest BCUT2D eigenvalue weighted by atomic mass is 16.5. The Kier molecular flexibility index (Phi) is 4.93. The van der Waals surface area contributed by atoms with E-state index in [1.165, 1.54) is 16.7 Å². The predicted octanol–water partition coefficient (Wildman–Crippen LogP) is 1.30. The molecule has 1 unspecified atom stereocenters. The van der Waals surface area contributed by atoms with Crippen molar-refractivity contribution in [1.82, 2.24) is 10.6 Å². The number of carbonyl (C=O) groups excluding carboxylic acids is 1. The molecule has 1 fully saturated rings. The van der Waals surface area contributed by atoms with Crippen LogP contribution in [0.3, 0.4) is 0 Å². The Labute approximate surface area is 114 Å². The third kappa shape index (κ3) is 4.33. The lowest BCUT2D eigenvalue weighted by molar-refractivity contribution is -0.122. The van der Waals surface area contributed by atoms with E-state index in [9.17, 15) is 4.79 Å². The van der Waals surface area contributed by atoms with Crippen molar-refractivity contribution in [2.45, 2.75) is 32.9 Å². The topological polar surface area (TPSA) is 50.4 Å². The molecule has 2 rings (SSSR count). The molecule has 1 aliphatic rings. The van der Waals surface area contributed by atoms with Crippen LogP contribution in [0.1, 0.15) is 23.1 Å². The maximum atomic E-state index is 11.9. The fourth-order valence-electron chi connectivity index (χ4n) is 2.28. The van der Waals surface area contributed by atoms with Gasteiger partial charge in [0, 0.05) is 25.6 Å². The number of hydrogen-bond acceptors (Lipinski definition) is 3. The van der Waals surface area contributed by atoms with Gasteiger partial charge in [0.2, 0.25) is 5.91 Å². The van der Waals surface area contributed by atoms with Crippen LogP contribution in [0, 0.1) is 13.8 Å². The Balaban J connectivity index is 1.79. The molecule has 0 radical (unpaired) electrons. The van der Waals surface area contributed by atoms with E-state index in [0.29, 0.717) is 19.6 Å². The first kappa shape index (κ1) is 14.0. The first-order chi connectivity index (χ1) is 9.15. The summed E-state index contributed by atoms with van der Waals surface area (Å²) in [5, 5.41) is 6.25. The van der Waals surface area contributed by atoms with Crippen LogP contribution in [0.15, 0.2) is 18.2 Å². The van der Waals surface area contributed by atoms with Crippen molar-refractivity contribution in [2.75, 3.05) is 19.8 Å². The van der Waals surface area contributed by atoms with Crippen LogP contribution in [-0.4, -0.2) is 31.7 Å². The first-order valence-electron chi connectivity index (χ1n) is 6.79. The molecule has 1 atom stereocenters. The molecule has 4 nitrogen and oxygen atoms in total. The number of carbonyl (C=O) groups is 1. The summed E-state index contributed by atoms with van der Waals surface area (Å²) in [4.78, 5) is 11.9. The van der Waals surface area contributed by atoms with Crippen molar-refractivity contribution in [3.05, 3.63) is 34.9 Å². The van der Waals surface area contributed by atoms with Gasteiger partial charge in [-0.05, 0) is 25.0 Å². The predicted molar refractivity (Wildman–Crippen MR) is 75.0 cm³/mol. The van der Waals surface area contributed by atoms with Gasteiger partial charge in [-0.3, -0.25) is 4.79 Å². The second-order valence-corrected chi connectivity index (χ2v) is 5.14. The van der Waals surface area contributed by atoms with Gasteiger partial charge in [-0.15, -0.1) is 0 Å². The van der Waals surface area contributed by atoms with E-state index in [2.05, 4.69) is 42.7 Å². The van der Waals surface area contributed by atoms with Gasteiger partial charge in [0.1, 0.15) is 0 Å². The van der Waals surface area contributed by atoms with Crippen molar-refractivity contribution in [1.29, 1.82) is 0 Å².